The zero-order valence-electron chi connectivity index (χ0n) is 12.4. The molecule has 2 N–H and O–H groups in total. The summed E-state index contributed by atoms with van der Waals surface area (Å²) in [6.45, 7) is 4.43. The molecule has 0 aliphatic carbocycles. The molecule has 1 atom stereocenters. The highest BCUT2D eigenvalue weighted by atomic mass is 32.2. The predicted molar refractivity (Wildman–Crippen MR) is 84.7 cm³/mol. The van der Waals surface area contributed by atoms with E-state index < -0.39 is 14.8 Å². The largest absolute Gasteiger partial charge is 0.385 e. The molecular formula is C13H21N3O4S. The molecule has 0 saturated heterocycles. The Morgan fingerprint density at radius 2 is 1.90 bits per heavy atom. The third-order valence-electron chi connectivity index (χ3n) is 2.67. The van der Waals surface area contributed by atoms with E-state index in [1.807, 2.05) is 6.92 Å². The summed E-state index contributed by atoms with van der Waals surface area (Å²) in [5, 5.41) is 17.0. The van der Waals surface area contributed by atoms with E-state index in [0.717, 1.165) is 12.7 Å². The normalized spacial score (nSPS) is 12.7. The van der Waals surface area contributed by atoms with Crippen molar-refractivity contribution in [1.82, 2.24) is 0 Å². The van der Waals surface area contributed by atoms with Crippen LogP contribution in [0.25, 0.3) is 0 Å². The monoisotopic (exact) mass is 315 g/mol. The van der Waals surface area contributed by atoms with Crippen molar-refractivity contribution in [1.29, 1.82) is 0 Å². The molecule has 0 fully saturated rings. The molecule has 8 heteroatoms. The lowest BCUT2D eigenvalue weighted by Gasteiger charge is -2.15. The molecule has 0 saturated carbocycles. The molecule has 118 valence electrons. The second-order valence-electron chi connectivity index (χ2n) is 5.09. The van der Waals surface area contributed by atoms with Crippen molar-refractivity contribution in [3.8, 4) is 0 Å². The van der Waals surface area contributed by atoms with Crippen LogP contribution in [-0.2, 0) is 9.84 Å². The predicted octanol–water partition coefficient (Wildman–Crippen LogP) is 2.26. The van der Waals surface area contributed by atoms with Crippen LogP contribution >= 0.6 is 0 Å². The lowest BCUT2D eigenvalue weighted by atomic mass is 10.2. The fourth-order valence-electron chi connectivity index (χ4n) is 1.95. The minimum atomic E-state index is -3.11. The third-order valence-corrected chi connectivity index (χ3v) is 3.78. The van der Waals surface area contributed by atoms with Crippen LogP contribution in [0.3, 0.4) is 0 Å². The van der Waals surface area contributed by atoms with Crippen molar-refractivity contribution in [3.05, 3.63) is 28.3 Å². The molecule has 1 aromatic carbocycles. The number of nitrogens with one attached hydrogen (secondary N) is 2. The van der Waals surface area contributed by atoms with E-state index in [2.05, 4.69) is 10.6 Å². The van der Waals surface area contributed by atoms with E-state index >= 15 is 0 Å². The summed E-state index contributed by atoms with van der Waals surface area (Å²) in [6.07, 6.45) is 2.06. The number of anilines is 2. The first-order valence-corrected chi connectivity index (χ1v) is 8.75. The fourth-order valence-corrected chi connectivity index (χ4v) is 2.94. The summed E-state index contributed by atoms with van der Waals surface area (Å²) < 4.78 is 22.5. The Balaban J connectivity index is 2.94. The summed E-state index contributed by atoms with van der Waals surface area (Å²) in [5.41, 5.74) is 1.13. The molecule has 21 heavy (non-hydrogen) atoms. The molecule has 0 aliphatic rings. The smallest absolute Gasteiger partial charge is 0.273 e. The van der Waals surface area contributed by atoms with Gasteiger partial charge in [0.15, 0.2) is 0 Å². The maximum absolute atomic E-state index is 11.3. The van der Waals surface area contributed by atoms with Gasteiger partial charge in [0, 0.05) is 42.3 Å². The number of rotatable bonds is 8. The van der Waals surface area contributed by atoms with Gasteiger partial charge < -0.3 is 10.6 Å². The lowest BCUT2D eigenvalue weighted by molar-refractivity contribution is -0.384. The molecule has 1 rings (SSSR count). The minimum Gasteiger partial charge on any atom is -0.385 e. The van der Waals surface area contributed by atoms with Crippen molar-refractivity contribution in [2.24, 2.45) is 0 Å². The SMILES string of the molecule is CCCNc1cc(NC(C)CS(C)(=O)=O)cc([N+](=O)[O-])c1. The summed E-state index contributed by atoms with van der Waals surface area (Å²) >= 11 is 0. The van der Waals surface area contributed by atoms with E-state index in [4.69, 9.17) is 0 Å². The standard InChI is InChI=1S/C13H21N3O4S/c1-4-5-14-11-6-12(8-13(7-11)16(17)18)15-10(2)9-21(3,19)20/h6-8,10,14-15H,4-5,9H2,1-3H3. The van der Waals surface area contributed by atoms with Crippen LogP contribution in [0, 0.1) is 10.1 Å². The zero-order valence-corrected chi connectivity index (χ0v) is 13.2. The second kappa shape index (κ2) is 7.26. The van der Waals surface area contributed by atoms with Crippen LogP contribution in [0.1, 0.15) is 20.3 Å². The van der Waals surface area contributed by atoms with Gasteiger partial charge in [-0.2, -0.15) is 0 Å². The molecular weight excluding hydrogens is 294 g/mol. The van der Waals surface area contributed by atoms with E-state index in [0.29, 0.717) is 17.9 Å². The lowest BCUT2D eigenvalue weighted by Crippen LogP contribution is -2.25. The molecule has 0 aromatic heterocycles. The topological polar surface area (TPSA) is 101 Å². The highest BCUT2D eigenvalue weighted by Crippen LogP contribution is 2.25. The van der Waals surface area contributed by atoms with Gasteiger partial charge >= 0.3 is 0 Å². The van der Waals surface area contributed by atoms with Gasteiger partial charge in [0.1, 0.15) is 9.84 Å². The summed E-state index contributed by atoms with van der Waals surface area (Å²) in [4.78, 5) is 10.5. The van der Waals surface area contributed by atoms with Gasteiger partial charge in [-0.05, 0) is 19.4 Å². The van der Waals surface area contributed by atoms with Gasteiger partial charge in [-0.15, -0.1) is 0 Å². The Morgan fingerprint density at radius 3 is 2.43 bits per heavy atom. The number of hydrogen-bond donors (Lipinski definition) is 2. The van der Waals surface area contributed by atoms with Gasteiger partial charge in [0.2, 0.25) is 0 Å². The van der Waals surface area contributed by atoms with Crippen molar-refractivity contribution in [3.63, 3.8) is 0 Å². The molecule has 0 heterocycles. The first-order valence-electron chi connectivity index (χ1n) is 6.69. The minimum absolute atomic E-state index is 0.0343. The average molecular weight is 315 g/mol. The molecule has 7 nitrogen and oxygen atoms in total. The van der Waals surface area contributed by atoms with E-state index in [1.165, 1.54) is 12.1 Å². The number of non-ortho nitro benzene ring substituents is 1. The number of nitro benzene ring substituents is 1. The zero-order chi connectivity index (χ0) is 16.0. The summed E-state index contributed by atoms with van der Waals surface area (Å²) in [6, 6.07) is 4.26. The highest BCUT2D eigenvalue weighted by Gasteiger charge is 2.14. The average Bonchev–Trinajstić information content (AvgIpc) is 2.33. The molecule has 1 unspecified atom stereocenters. The maximum Gasteiger partial charge on any atom is 0.273 e. The van der Waals surface area contributed by atoms with Crippen LogP contribution in [0.2, 0.25) is 0 Å². The number of hydrogen-bond acceptors (Lipinski definition) is 6. The third kappa shape index (κ3) is 6.44. The first kappa shape index (κ1) is 17.2. The number of nitrogens with zero attached hydrogens (tertiary/aromatic N) is 1. The van der Waals surface area contributed by atoms with E-state index in [1.54, 1.807) is 13.0 Å². The second-order valence-corrected chi connectivity index (χ2v) is 7.28. The van der Waals surface area contributed by atoms with Gasteiger partial charge in [-0.3, -0.25) is 10.1 Å². The number of benzene rings is 1. The number of nitro groups is 1. The molecule has 1 aromatic rings. The van der Waals surface area contributed by atoms with Crippen molar-refractivity contribution >= 4 is 26.9 Å². The van der Waals surface area contributed by atoms with E-state index in [9.17, 15) is 18.5 Å². The summed E-state index contributed by atoms with van der Waals surface area (Å²) in [5.74, 6) is -0.0343. The van der Waals surface area contributed by atoms with Crippen LogP contribution < -0.4 is 10.6 Å². The fraction of sp³-hybridized carbons (Fsp3) is 0.538. The number of sulfone groups is 1. The van der Waals surface area contributed by atoms with Crippen molar-refractivity contribution in [2.45, 2.75) is 26.3 Å². The van der Waals surface area contributed by atoms with Gasteiger partial charge in [0.05, 0.1) is 10.7 Å². The van der Waals surface area contributed by atoms with Crippen LogP contribution in [0.5, 0.6) is 0 Å². The Labute approximate surface area is 124 Å². The Morgan fingerprint density at radius 1 is 1.29 bits per heavy atom. The quantitative estimate of drug-likeness (QED) is 0.563. The first-order chi connectivity index (χ1) is 9.71. The van der Waals surface area contributed by atoms with Gasteiger partial charge in [-0.1, -0.05) is 6.92 Å². The van der Waals surface area contributed by atoms with Crippen molar-refractivity contribution < 1.29 is 13.3 Å². The van der Waals surface area contributed by atoms with Crippen LogP contribution in [0.4, 0.5) is 17.1 Å². The molecule has 0 bridgehead atoms. The van der Waals surface area contributed by atoms with Crippen molar-refractivity contribution in [2.75, 3.05) is 29.2 Å². The van der Waals surface area contributed by atoms with E-state index in [-0.39, 0.29) is 17.5 Å². The Bertz CT molecular complexity index is 601. The van der Waals surface area contributed by atoms with Gasteiger partial charge in [0.25, 0.3) is 5.69 Å². The van der Waals surface area contributed by atoms with Crippen LogP contribution in [-0.4, -0.2) is 37.9 Å². The van der Waals surface area contributed by atoms with Crippen LogP contribution in [0.15, 0.2) is 18.2 Å². The molecule has 0 spiro atoms. The molecule has 0 amide bonds. The Hall–Kier alpha value is -1.83. The maximum atomic E-state index is 11.3. The Kier molecular flexibility index (Phi) is 5.95. The summed E-state index contributed by atoms with van der Waals surface area (Å²) in [7, 11) is -3.11. The highest BCUT2D eigenvalue weighted by molar-refractivity contribution is 7.90. The molecule has 0 aliphatic heterocycles. The molecule has 0 radical (unpaired) electrons. The van der Waals surface area contributed by atoms with Gasteiger partial charge in [-0.25, -0.2) is 8.42 Å².